The molecular weight excluding hydrogens is 384 g/mol. The van der Waals surface area contributed by atoms with E-state index in [0.29, 0.717) is 5.56 Å². The van der Waals surface area contributed by atoms with Crippen molar-refractivity contribution < 1.29 is 4.79 Å². The van der Waals surface area contributed by atoms with Crippen LogP contribution in [0.5, 0.6) is 0 Å². The summed E-state index contributed by atoms with van der Waals surface area (Å²) in [7, 11) is 1.93. The first-order chi connectivity index (χ1) is 15.2. The summed E-state index contributed by atoms with van der Waals surface area (Å²) in [5.41, 5.74) is 7.64. The number of aromatic nitrogens is 2. The fourth-order valence-corrected chi connectivity index (χ4v) is 4.03. The normalized spacial score (nSPS) is 11.5. The number of hydrogen-bond donors (Lipinski definition) is 1. The highest BCUT2D eigenvalue weighted by atomic mass is 16.2. The first-order valence-corrected chi connectivity index (χ1v) is 10.2. The number of carbonyl (C=O) groups is 1. The molecule has 5 rings (SSSR count). The van der Waals surface area contributed by atoms with Crippen molar-refractivity contribution >= 4 is 33.9 Å². The zero-order valence-electron chi connectivity index (χ0n) is 17.2. The molecule has 0 atom stereocenters. The molecule has 5 heteroatoms. The Balaban J connectivity index is 1.40. The number of nitrogens with one attached hydrogen (secondary N) is 1. The standard InChI is InChI=1S/C26H22N4O/c1-29-18-23(22-12-6-7-13-24(22)29)26(31)28-27-15-20-17-30(16-19-9-3-2-4-10-19)25-14-8-5-11-21(20)25/h2-15,17-18H,16H2,1H3,(H,28,31)/b27-15-. The highest BCUT2D eigenvalue weighted by Gasteiger charge is 2.13. The van der Waals surface area contributed by atoms with Crippen molar-refractivity contribution in [2.45, 2.75) is 6.54 Å². The Bertz CT molecular complexity index is 1410. The van der Waals surface area contributed by atoms with Crippen LogP contribution in [0.15, 0.2) is 96.4 Å². The van der Waals surface area contributed by atoms with Gasteiger partial charge in [0.2, 0.25) is 0 Å². The second-order valence-electron chi connectivity index (χ2n) is 7.59. The van der Waals surface area contributed by atoms with Gasteiger partial charge in [0.25, 0.3) is 5.91 Å². The van der Waals surface area contributed by atoms with Gasteiger partial charge in [-0.2, -0.15) is 5.10 Å². The van der Waals surface area contributed by atoms with Crippen LogP contribution in [-0.2, 0) is 13.6 Å². The van der Waals surface area contributed by atoms with Crippen molar-refractivity contribution in [3.63, 3.8) is 0 Å². The summed E-state index contributed by atoms with van der Waals surface area (Å²) < 4.78 is 4.16. The van der Waals surface area contributed by atoms with Crippen LogP contribution in [0, 0.1) is 0 Å². The van der Waals surface area contributed by atoms with Crippen molar-refractivity contribution in [2.24, 2.45) is 12.1 Å². The van der Waals surface area contributed by atoms with Crippen molar-refractivity contribution in [3.8, 4) is 0 Å². The third kappa shape index (κ3) is 3.62. The number of benzene rings is 3. The SMILES string of the molecule is Cn1cc(C(=O)N/N=C\c2cn(Cc3ccccc3)c3ccccc23)c2ccccc21. The lowest BCUT2D eigenvalue weighted by atomic mass is 10.2. The highest BCUT2D eigenvalue weighted by molar-refractivity contribution is 6.07. The molecule has 0 spiro atoms. The molecule has 0 aliphatic carbocycles. The van der Waals surface area contributed by atoms with Gasteiger partial charge in [0.15, 0.2) is 0 Å². The highest BCUT2D eigenvalue weighted by Crippen LogP contribution is 2.22. The van der Waals surface area contributed by atoms with Gasteiger partial charge in [-0.3, -0.25) is 4.79 Å². The Hall–Kier alpha value is -4.12. The molecule has 0 aliphatic heterocycles. The fraction of sp³-hybridized carbons (Fsp3) is 0.0769. The average molecular weight is 406 g/mol. The van der Waals surface area contributed by atoms with E-state index in [1.807, 2.05) is 72.4 Å². The van der Waals surface area contributed by atoms with Gasteiger partial charge in [0.05, 0.1) is 11.8 Å². The topological polar surface area (TPSA) is 51.3 Å². The Morgan fingerprint density at radius 3 is 2.35 bits per heavy atom. The van der Waals surface area contributed by atoms with Gasteiger partial charge in [-0.1, -0.05) is 66.7 Å². The average Bonchev–Trinajstić information content (AvgIpc) is 3.33. The van der Waals surface area contributed by atoms with Gasteiger partial charge >= 0.3 is 0 Å². The second-order valence-corrected chi connectivity index (χ2v) is 7.59. The quantitative estimate of drug-likeness (QED) is 0.326. The lowest BCUT2D eigenvalue weighted by Crippen LogP contribution is -2.17. The molecule has 1 N–H and O–H groups in total. The zero-order valence-corrected chi connectivity index (χ0v) is 17.2. The summed E-state index contributed by atoms with van der Waals surface area (Å²) >= 11 is 0. The molecule has 2 aromatic heterocycles. The molecule has 0 saturated heterocycles. The van der Waals surface area contributed by atoms with E-state index in [1.54, 1.807) is 6.21 Å². The van der Waals surface area contributed by atoms with E-state index in [-0.39, 0.29) is 5.91 Å². The molecular formula is C26H22N4O. The van der Waals surface area contributed by atoms with Gasteiger partial charge < -0.3 is 9.13 Å². The van der Waals surface area contributed by atoms with E-state index in [9.17, 15) is 4.79 Å². The van der Waals surface area contributed by atoms with Crippen LogP contribution in [-0.4, -0.2) is 21.3 Å². The third-order valence-electron chi connectivity index (χ3n) is 5.53. The lowest BCUT2D eigenvalue weighted by molar-refractivity contribution is 0.0956. The van der Waals surface area contributed by atoms with Gasteiger partial charge in [0.1, 0.15) is 0 Å². The number of hydrogen-bond acceptors (Lipinski definition) is 2. The van der Waals surface area contributed by atoms with Crippen LogP contribution in [0.3, 0.4) is 0 Å². The first-order valence-electron chi connectivity index (χ1n) is 10.2. The maximum absolute atomic E-state index is 12.7. The third-order valence-corrected chi connectivity index (χ3v) is 5.53. The minimum atomic E-state index is -0.221. The fourth-order valence-electron chi connectivity index (χ4n) is 4.03. The second kappa shape index (κ2) is 7.95. The van der Waals surface area contributed by atoms with E-state index in [0.717, 1.165) is 33.9 Å². The molecule has 0 radical (unpaired) electrons. The summed E-state index contributed by atoms with van der Waals surface area (Å²) in [5, 5.41) is 6.27. The molecule has 0 aliphatic rings. The van der Waals surface area contributed by atoms with Crippen LogP contribution < -0.4 is 5.43 Å². The molecule has 5 aromatic rings. The number of para-hydroxylation sites is 2. The van der Waals surface area contributed by atoms with Gasteiger partial charge in [-0.15, -0.1) is 0 Å². The van der Waals surface area contributed by atoms with Crippen LogP contribution in [0.4, 0.5) is 0 Å². The number of nitrogens with zero attached hydrogens (tertiary/aromatic N) is 3. The van der Waals surface area contributed by atoms with E-state index in [2.05, 4.69) is 45.6 Å². The summed E-state index contributed by atoms with van der Waals surface area (Å²) in [6.07, 6.45) is 5.62. The smallest absolute Gasteiger partial charge is 0.273 e. The number of amides is 1. The van der Waals surface area contributed by atoms with E-state index in [4.69, 9.17) is 0 Å². The van der Waals surface area contributed by atoms with Crippen molar-refractivity contribution in [3.05, 3.63) is 108 Å². The predicted octanol–water partition coefficient (Wildman–Crippen LogP) is 4.95. The number of hydrazone groups is 1. The largest absolute Gasteiger partial charge is 0.350 e. The molecule has 152 valence electrons. The van der Waals surface area contributed by atoms with Crippen molar-refractivity contribution in [1.82, 2.24) is 14.6 Å². The van der Waals surface area contributed by atoms with Crippen LogP contribution in [0.2, 0.25) is 0 Å². The van der Waals surface area contributed by atoms with Crippen molar-refractivity contribution in [2.75, 3.05) is 0 Å². The Labute approximate surface area is 180 Å². The number of fused-ring (bicyclic) bond motifs is 2. The minimum Gasteiger partial charge on any atom is -0.350 e. The monoisotopic (exact) mass is 406 g/mol. The number of carbonyl (C=O) groups excluding carboxylic acids is 1. The summed E-state index contributed by atoms with van der Waals surface area (Å²) in [6, 6.07) is 26.4. The van der Waals surface area contributed by atoms with Crippen LogP contribution >= 0.6 is 0 Å². The molecule has 2 heterocycles. The van der Waals surface area contributed by atoms with Crippen molar-refractivity contribution in [1.29, 1.82) is 0 Å². The Kier molecular flexibility index (Phi) is 4.84. The van der Waals surface area contributed by atoms with E-state index >= 15 is 0 Å². The number of rotatable bonds is 5. The molecule has 5 nitrogen and oxygen atoms in total. The van der Waals surface area contributed by atoms with Crippen LogP contribution in [0.25, 0.3) is 21.8 Å². The minimum absolute atomic E-state index is 0.221. The van der Waals surface area contributed by atoms with Gasteiger partial charge in [-0.05, 0) is 17.7 Å². The van der Waals surface area contributed by atoms with E-state index in [1.165, 1.54) is 5.56 Å². The summed E-state index contributed by atoms with van der Waals surface area (Å²) in [6.45, 7) is 0.775. The maximum atomic E-state index is 12.7. The summed E-state index contributed by atoms with van der Waals surface area (Å²) in [5.74, 6) is -0.221. The predicted molar refractivity (Wildman–Crippen MR) is 125 cm³/mol. The molecule has 0 saturated carbocycles. The molecule has 0 unspecified atom stereocenters. The molecule has 0 bridgehead atoms. The lowest BCUT2D eigenvalue weighted by Gasteiger charge is -2.05. The molecule has 0 fully saturated rings. The van der Waals surface area contributed by atoms with Gasteiger partial charge in [0, 0.05) is 53.4 Å². The summed E-state index contributed by atoms with van der Waals surface area (Å²) in [4.78, 5) is 12.7. The molecule has 31 heavy (non-hydrogen) atoms. The van der Waals surface area contributed by atoms with E-state index < -0.39 is 0 Å². The Morgan fingerprint density at radius 1 is 0.871 bits per heavy atom. The maximum Gasteiger partial charge on any atom is 0.273 e. The zero-order chi connectivity index (χ0) is 21.2. The number of aryl methyl sites for hydroxylation is 1. The Morgan fingerprint density at radius 2 is 1.55 bits per heavy atom. The molecule has 1 amide bonds. The molecule has 3 aromatic carbocycles. The first kappa shape index (κ1) is 18.9. The van der Waals surface area contributed by atoms with Gasteiger partial charge in [-0.25, -0.2) is 5.43 Å². The van der Waals surface area contributed by atoms with Crippen LogP contribution in [0.1, 0.15) is 21.5 Å².